The van der Waals surface area contributed by atoms with E-state index in [1.807, 2.05) is 6.07 Å². The Morgan fingerprint density at radius 2 is 1.77 bits per heavy atom. The first kappa shape index (κ1) is 22.4. The monoisotopic (exact) mass is 427 g/mol. The number of ether oxygens (including phenoxy) is 2. The molecule has 0 bridgehead atoms. The average Bonchev–Trinajstić information content (AvgIpc) is 2.73. The minimum Gasteiger partial charge on any atom is -0.491 e. The molecule has 3 aromatic rings. The number of carboxylic acid groups (broad SMARTS) is 1. The number of nitrogens with zero attached hydrogens (tertiary/aromatic N) is 1. The number of hydrogen-bond acceptors (Lipinski definition) is 4. The van der Waals surface area contributed by atoms with Crippen LogP contribution >= 0.6 is 0 Å². The van der Waals surface area contributed by atoms with Crippen LogP contribution < -0.4 is 4.74 Å². The lowest BCUT2D eigenvalue weighted by Crippen LogP contribution is -2.01. The van der Waals surface area contributed by atoms with Crippen molar-refractivity contribution in [1.82, 2.24) is 4.98 Å². The van der Waals surface area contributed by atoms with E-state index in [1.54, 1.807) is 32.4 Å². The molecule has 0 radical (unpaired) electrons. The fraction of sp³-hybridized carbons (Fsp3) is 0.250. The van der Waals surface area contributed by atoms with Gasteiger partial charge in [-0.05, 0) is 60.7 Å². The molecular weight excluding hydrogens is 404 g/mol. The Bertz CT molecular complexity index is 1090. The molecule has 5 nitrogen and oxygen atoms in total. The van der Waals surface area contributed by atoms with E-state index in [1.165, 1.54) is 25.3 Å². The highest BCUT2D eigenvalue weighted by atomic mass is 19.1. The third-order valence-corrected chi connectivity index (χ3v) is 5.00. The zero-order chi connectivity index (χ0) is 22.5. The zero-order valence-electron chi connectivity index (χ0n) is 17.5. The lowest BCUT2D eigenvalue weighted by Gasteiger charge is -2.14. The van der Waals surface area contributed by atoms with Crippen molar-refractivity contribution in [3.05, 3.63) is 70.9 Å². The molecule has 1 aromatic heterocycles. The molecule has 0 unspecified atom stereocenters. The van der Waals surface area contributed by atoms with Gasteiger partial charge in [0.15, 0.2) is 17.4 Å². The summed E-state index contributed by atoms with van der Waals surface area (Å²) in [4.78, 5) is 15.9. The smallest absolute Gasteiger partial charge is 0.335 e. The SMILES string of the molecule is COCCCc1cnc(-c2cc(F)c(OC)c(F)c2)c(-c2ccc(C(=O)O)c(C)c2)c1. The molecule has 1 heterocycles. The fourth-order valence-electron chi connectivity index (χ4n) is 3.48. The number of pyridine rings is 1. The van der Waals surface area contributed by atoms with Crippen LogP contribution in [0.5, 0.6) is 5.75 Å². The maximum Gasteiger partial charge on any atom is 0.335 e. The third-order valence-electron chi connectivity index (χ3n) is 5.00. The number of aryl methyl sites for hydroxylation is 2. The van der Waals surface area contributed by atoms with Gasteiger partial charge in [0.2, 0.25) is 0 Å². The standard InChI is InChI=1S/C24H23F2NO4/c1-14-9-16(6-7-18(14)24(28)29)19-10-15(5-4-8-30-2)13-27-22(19)17-11-20(25)23(31-3)21(26)12-17/h6-7,9-13H,4-5,8H2,1-3H3,(H,28,29). The number of methoxy groups -OCH3 is 2. The van der Waals surface area contributed by atoms with E-state index in [0.29, 0.717) is 35.4 Å². The predicted molar refractivity (Wildman–Crippen MR) is 113 cm³/mol. The van der Waals surface area contributed by atoms with Crippen molar-refractivity contribution in [2.75, 3.05) is 20.8 Å². The molecule has 0 atom stereocenters. The molecule has 0 aliphatic heterocycles. The van der Waals surface area contributed by atoms with Crippen LogP contribution in [-0.2, 0) is 11.2 Å². The zero-order valence-corrected chi connectivity index (χ0v) is 17.5. The number of aromatic carboxylic acids is 1. The number of rotatable bonds is 8. The molecule has 3 rings (SSSR count). The Kier molecular flexibility index (Phi) is 6.97. The second-order valence-corrected chi connectivity index (χ2v) is 7.14. The van der Waals surface area contributed by atoms with Crippen LogP contribution in [-0.4, -0.2) is 36.9 Å². The van der Waals surface area contributed by atoms with Crippen molar-refractivity contribution in [3.63, 3.8) is 0 Å². The molecule has 0 saturated heterocycles. The van der Waals surface area contributed by atoms with Crippen molar-refractivity contribution in [1.29, 1.82) is 0 Å². The van der Waals surface area contributed by atoms with E-state index < -0.39 is 23.4 Å². The highest BCUT2D eigenvalue weighted by Gasteiger charge is 2.18. The number of hydrogen-bond donors (Lipinski definition) is 1. The first-order chi connectivity index (χ1) is 14.8. The molecule has 0 amide bonds. The minimum absolute atomic E-state index is 0.191. The number of carboxylic acids is 1. The van der Waals surface area contributed by atoms with Crippen LogP contribution in [0.1, 0.15) is 27.9 Å². The van der Waals surface area contributed by atoms with E-state index in [2.05, 4.69) is 4.98 Å². The van der Waals surface area contributed by atoms with Gasteiger partial charge in [-0.3, -0.25) is 4.98 Å². The molecule has 0 saturated carbocycles. The molecule has 0 fully saturated rings. The van der Waals surface area contributed by atoms with Gasteiger partial charge in [-0.2, -0.15) is 0 Å². The van der Waals surface area contributed by atoms with Gasteiger partial charge in [0.25, 0.3) is 0 Å². The molecular formula is C24H23F2NO4. The largest absolute Gasteiger partial charge is 0.491 e. The van der Waals surface area contributed by atoms with Crippen molar-refractivity contribution >= 4 is 5.97 Å². The first-order valence-electron chi connectivity index (χ1n) is 9.71. The quantitative estimate of drug-likeness (QED) is 0.495. The van der Waals surface area contributed by atoms with Gasteiger partial charge in [-0.1, -0.05) is 12.1 Å². The minimum atomic E-state index is -1.02. The number of aromatic nitrogens is 1. The van der Waals surface area contributed by atoms with Crippen LogP contribution in [0.4, 0.5) is 8.78 Å². The Labute approximate surface area is 179 Å². The summed E-state index contributed by atoms with van der Waals surface area (Å²) in [6, 6.07) is 9.19. The van der Waals surface area contributed by atoms with Crippen LogP contribution in [0.15, 0.2) is 42.6 Å². The van der Waals surface area contributed by atoms with Crippen molar-refractivity contribution in [2.45, 2.75) is 19.8 Å². The normalized spacial score (nSPS) is 10.9. The van der Waals surface area contributed by atoms with Gasteiger partial charge >= 0.3 is 5.97 Å². The van der Waals surface area contributed by atoms with E-state index in [-0.39, 0.29) is 11.1 Å². The Morgan fingerprint density at radius 3 is 2.35 bits per heavy atom. The van der Waals surface area contributed by atoms with E-state index >= 15 is 0 Å². The van der Waals surface area contributed by atoms with Crippen molar-refractivity contribution < 1.29 is 28.2 Å². The number of benzene rings is 2. The van der Waals surface area contributed by atoms with Crippen molar-refractivity contribution in [3.8, 4) is 28.1 Å². The van der Waals surface area contributed by atoms with Gasteiger partial charge in [0, 0.05) is 31.0 Å². The van der Waals surface area contributed by atoms with E-state index in [9.17, 15) is 18.7 Å². The van der Waals surface area contributed by atoms with Crippen LogP contribution in [0.3, 0.4) is 0 Å². The Hall–Kier alpha value is -3.32. The van der Waals surface area contributed by atoms with Crippen LogP contribution in [0, 0.1) is 18.6 Å². The maximum atomic E-state index is 14.3. The Morgan fingerprint density at radius 1 is 1.06 bits per heavy atom. The second-order valence-electron chi connectivity index (χ2n) is 7.14. The summed E-state index contributed by atoms with van der Waals surface area (Å²) in [5.41, 5.74) is 3.70. The summed E-state index contributed by atoms with van der Waals surface area (Å²) in [7, 11) is 2.83. The first-order valence-corrected chi connectivity index (χ1v) is 9.71. The molecule has 0 aliphatic carbocycles. The van der Waals surface area contributed by atoms with Gasteiger partial charge in [0.05, 0.1) is 18.4 Å². The summed E-state index contributed by atoms with van der Waals surface area (Å²) in [6.07, 6.45) is 3.18. The summed E-state index contributed by atoms with van der Waals surface area (Å²) in [5, 5.41) is 9.32. The van der Waals surface area contributed by atoms with E-state index in [4.69, 9.17) is 9.47 Å². The number of halogens is 2. The third kappa shape index (κ3) is 4.88. The van der Waals surface area contributed by atoms with Crippen molar-refractivity contribution in [2.24, 2.45) is 0 Å². The lowest BCUT2D eigenvalue weighted by atomic mass is 9.94. The van der Waals surface area contributed by atoms with Gasteiger partial charge in [-0.25, -0.2) is 13.6 Å². The molecule has 31 heavy (non-hydrogen) atoms. The molecule has 0 aliphatic rings. The summed E-state index contributed by atoms with van der Waals surface area (Å²) in [6.45, 7) is 2.30. The molecule has 7 heteroatoms. The molecule has 162 valence electrons. The predicted octanol–water partition coefficient (Wildman–Crippen LogP) is 5.29. The molecule has 0 spiro atoms. The summed E-state index contributed by atoms with van der Waals surface area (Å²) >= 11 is 0. The Balaban J connectivity index is 2.16. The highest BCUT2D eigenvalue weighted by molar-refractivity contribution is 5.91. The summed E-state index contributed by atoms with van der Waals surface area (Å²) in [5.74, 6) is -3.13. The lowest BCUT2D eigenvalue weighted by molar-refractivity contribution is 0.0696. The topological polar surface area (TPSA) is 68.7 Å². The molecule has 1 N–H and O–H groups in total. The average molecular weight is 427 g/mol. The second kappa shape index (κ2) is 9.66. The van der Waals surface area contributed by atoms with Crippen LogP contribution in [0.25, 0.3) is 22.4 Å². The highest BCUT2D eigenvalue weighted by Crippen LogP contribution is 2.35. The van der Waals surface area contributed by atoms with Gasteiger partial charge in [-0.15, -0.1) is 0 Å². The molecule has 2 aromatic carbocycles. The van der Waals surface area contributed by atoms with Gasteiger partial charge < -0.3 is 14.6 Å². The maximum absolute atomic E-state index is 14.3. The van der Waals surface area contributed by atoms with Gasteiger partial charge in [0.1, 0.15) is 0 Å². The number of carbonyl (C=O) groups is 1. The van der Waals surface area contributed by atoms with E-state index in [0.717, 1.165) is 12.0 Å². The summed E-state index contributed by atoms with van der Waals surface area (Å²) < 4.78 is 38.6. The fourth-order valence-corrected chi connectivity index (χ4v) is 3.48. The van der Waals surface area contributed by atoms with Crippen LogP contribution in [0.2, 0.25) is 0 Å².